The first kappa shape index (κ1) is 21.5. The van der Waals surface area contributed by atoms with E-state index >= 15 is 0 Å². The van der Waals surface area contributed by atoms with E-state index in [1.165, 1.54) is 11.0 Å². The minimum Gasteiger partial charge on any atom is -0.441 e. The summed E-state index contributed by atoms with van der Waals surface area (Å²) in [6, 6.07) is 4.66. The van der Waals surface area contributed by atoms with Gasteiger partial charge in [-0.3, -0.25) is 4.90 Å². The van der Waals surface area contributed by atoms with Crippen molar-refractivity contribution in [1.29, 1.82) is 0 Å². The van der Waals surface area contributed by atoms with Crippen molar-refractivity contribution in [3.05, 3.63) is 24.0 Å². The predicted molar refractivity (Wildman–Crippen MR) is 95.4 cm³/mol. The third-order valence-corrected chi connectivity index (χ3v) is 3.29. The fourth-order valence-corrected chi connectivity index (χ4v) is 2.26. The number of hydrogen-bond donors (Lipinski definition) is 1. The topological polar surface area (TPSA) is 87.2 Å². The number of nitrogens with zero attached hydrogens (tertiary/aromatic N) is 2. The van der Waals surface area contributed by atoms with Gasteiger partial charge in [-0.2, -0.15) is 0 Å². The SMILES string of the molecule is CCCN(C)c1ccc(N2C[C@H](CO)OC2=O)cc1F.CS(=O)(=O)Cl. The zero-order valence-electron chi connectivity index (χ0n) is 14.3. The molecule has 25 heavy (non-hydrogen) atoms. The van der Waals surface area contributed by atoms with Crippen LogP contribution in [0.15, 0.2) is 18.2 Å². The quantitative estimate of drug-likeness (QED) is 0.767. The normalized spacial score (nSPS) is 17.0. The highest BCUT2D eigenvalue weighted by Crippen LogP contribution is 2.27. The lowest BCUT2D eigenvalue weighted by atomic mass is 10.2. The van der Waals surface area contributed by atoms with Gasteiger partial charge in [0.1, 0.15) is 11.9 Å². The van der Waals surface area contributed by atoms with Crippen LogP contribution in [0.3, 0.4) is 0 Å². The van der Waals surface area contributed by atoms with Gasteiger partial charge in [0.05, 0.1) is 30.8 Å². The van der Waals surface area contributed by atoms with E-state index in [2.05, 4.69) is 10.7 Å². The van der Waals surface area contributed by atoms with E-state index in [1.807, 2.05) is 18.9 Å². The van der Waals surface area contributed by atoms with Crippen LogP contribution in [0, 0.1) is 5.82 Å². The summed E-state index contributed by atoms with van der Waals surface area (Å²) in [7, 11) is 3.13. The van der Waals surface area contributed by atoms with Crippen LogP contribution >= 0.6 is 10.7 Å². The Bertz CT molecular complexity index is 693. The summed E-state index contributed by atoms with van der Waals surface area (Å²) in [5.74, 6) is -0.376. The molecule has 1 aromatic rings. The highest BCUT2D eigenvalue weighted by molar-refractivity contribution is 8.13. The molecule has 1 saturated heterocycles. The Kier molecular flexibility index (Phi) is 7.91. The van der Waals surface area contributed by atoms with Gasteiger partial charge in [0.2, 0.25) is 9.05 Å². The van der Waals surface area contributed by atoms with Crippen LogP contribution in [0.5, 0.6) is 0 Å². The molecule has 0 unspecified atom stereocenters. The summed E-state index contributed by atoms with van der Waals surface area (Å²) in [6.07, 6.45) is 0.745. The first-order valence-electron chi connectivity index (χ1n) is 7.56. The standard InChI is InChI=1S/C14H19FN2O3.CH3ClO2S/c1-3-6-16(2)13-5-4-10(7-12(13)15)17-8-11(9-18)20-14(17)19;1-5(2,3)4/h4-5,7,11,18H,3,6,8-9H2,1-2H3;1H3/t11-;/m1./s1. The highest BCUT2D eigenvalue weighted by Gasteiger charge is 2.32. The van der Waals surface area contributed by atoms with Crippen molar-refractivity contribution in [2.24, 2.45) is 0 Å². The van der Waals surface area contributed by atoms with Gasteiger partial charge >= 0.3 is 6.09 Å². The maximum atomic E-state index is 14.1. The molecule has 1 N–H and O–H groups in total. The molecule has 1 heterocycles. The number of carbonyl (C=O) groups excluding carboxylic acids is 1. The molecule has 1 atom stereocenters. The second-order valence-electron chi connectivity index (χ2n) is 5.54. The van der Waals surface area contributed by atoms with Crippen LogP contribution in [0.25, 0.3) is 0 Å². The van der Waals surface area contributed by atoms with Gasteiger partial charge in [0, 0.05) is 24.3 Å². The monoisotopic (exact) mass is 396 g/mol. The summed E-state index contributed by atoms with van der Waals surface area (Å²) in [5, 5.41) is 8.99. The van der Waals surface area contributed by atoms with Crippen molar-refractivity contribution in [1.82, 2.24) is 0 Å². The Morgan fingerprint density at radius 1 is 1.48 bits per heavy atom. The number of anilines is 2. The van der Waals surface area contributed by atoms with Gasteiger partial charge in [-0.25, -0.2) is 17.6 Å². The number of aliphatic hydroxyl groups is 1. The zero-order valence-corrected chi connectivity index (χ0v) is 15.8. The van der Waals surface area contributed by atoms with Crippen LogP contribution in [0.1, 0.15) is 13.3 Å². The van der Waals surface area contributed by atoms with Crippen LogP contribution in [-0.2, 0) is 13.8 Å². The van der Waals surface area contributed by atoms with Crippen molar-refractivity contribution in [2.45, 2.75) is 19.4 Å². The molecule has 0 aromatic heterocycles. The fourth-order valence-electron chi connectivity index (χ4n) is 2.26. The molecule has 2 rings (SSSR count). The third-order valence-electron chi connectivity index (χ3n) is 3.29. The fraction of sp³-hybridized carbons (Fsp3) is 0.533. The summed E-state index contributed by atoms with van der Waals surface area (Å²) in [6.45, 7) is 2.79. The largest absolute Gasteiger partial charge is 0.441 e. The highest BCUT2D eigenvalue weighted by atomic mass is 35.7. The first-order valence-corrected chi connectivity index (χ1v) is 10.3. The van der Waals surface area contributed by atoms with Crippen molar-refractivity contribution >= 4 is 37.2 Å². The maximum absolute atomic E-state index is 14.1. The van der Waals surface area contributed by atoms with Crippen LogP contribution in [-0.4, -0.2) is 58.7 Å². The number of carbonyl (C=O) groups is 1. The van der Waals surface area contributed by atoms with E-state index in [-0.39, 0.29) is 19.0 Å². The van der Waals surface area contributed by atoms with Crippen LogP contribution in [0.4, 0.5) is 20.6 Å². The van der Waals surface area contributed by atoms with Gasteiger partial charge in [-0.05, 0) is 24.6 Å². The van der Waals surface area contributed by atoms with E-state index in [9.17, 15) is 17.6 Å². The molecule has 1 aromatic carbocycles. The number of aliphatic hydroxyl groups excluding tert-OH is 1. The number of halogens is 2. The molecule has 10 heteroatoms. The van der Waals surface area contributed by atoms with Gasteiger partial charge < -0.3 is 14.7 Å². The Balaban J connectivity index is 0.000000550. The molecule has 1 amide bonds. The van der Waals surface area contributed by atoms with E-state index in [1.54, 1.807) is 12.1 Å². The van der Waals surface area contributed by atoms with Gasteiger partial charge in [-0.15, -0.1) is 0 Å². The average Bonchev–Trinajstić information content (AvgIpc) is 2.86. The third kappa shape index (κ3) is 7.05. The van der Waals surface area contributed by atoms with Gasteiger partial charge in [0.25, 0.3) is 0 Å². The molecule has 0 aliphatic carbocycles. The molecular formula is C15H22ClFN2O5S. The minimum absolute atomic E-state index is 0.234. The van der Waals surface area contributed by atoms with Crippen LogP contribution < -0.4 is 9.80 Å². The lowest BCUT2D eigenvalue weighted by molar-refractivity contribution is 0.0963. The van der Waals surface area contributed by atoms with Gasteiger partial charge in [-0.1, -0.05) is 6.92 Å². The summed E-state index contributed by atoms with van der Waals surface area (Å²) < 4.78 is 37.8. The Morgan fingerprint density at radius 3 is 2.52 bits per heavy atom. The lowest BCUT2D eigenvalue weighted by Crippen LogP contribution is -2.26. The molecular weight excluding hydrogens is 375 g/mol. The number of hydrogen-bond acceptors (Lipinski definition) is 6. The molecule has 142 valence electrons. The van der Waals surface area contributed by atoms with Crippen molar-refractivity contribution < 1.29 is 27.4 Å². The number of benzene rings is 1. The minimum atomic E-state index is -3.19. The second-order valence-corrected chi connectivity index (χ2v) is 8.58. The summed E-state index contributed by atoms with van der Waals surface area (Å²) in [4.78, 5) is 14.8. The molecule has 0 saturated carbocycles. The van der Waals surface area contributed by atoms with Crippen molar-refractivity contribution in [2.75, 3.05) is 42.8 Å². The molecule has 7 nitrogen and oxygen atoms in total. The second kappa shape index (κ2) is 9.21. The zero-order chi connectivity index (χ0) is 19.2. The first-order chi connectivity index (χ1) is 11.6. The van der Waals surface area contributed by atoms with E-state index in [0.29, 0.717) is 11.4 Å². The van der Waals surface area contributed by atoms with E-state index in [4.69, 9.17) is 9.84 Å². The smallest absolute Gasteiger partial charge is 0.414 e. The van der Waals surface area contributed by atoms with Crippen molar-refractivity contribution in [3.8, 4) is 0 Å². The number of amides is 1. The predicted octanol–water partition coefficient (Wildman–Crippen LogP) is 2.17. The maximum Gasteiger partial charge on any atom is 0.414 e. The lowest BCUT2D eigenvalue weighted by Gasteiger charge is -2.21. The molecule has 0 bridgehead atoms. The van der Waals surface area contributed by atoms with E-state index < -0.39 is 21.2 Å². The molecule has 0 radical (unpaired) electrons. The van der Waals surface area contributed by atoms with Crippen LogP contribution in [0.2, 0.25) is 0 Å². The number of cyclic esters (lactones) is 1. The average molecular weight is 397 g/mol. The molecule has 0 spiro atoms. The molecule has 1 aliphatic rings. The molecule has 1 fully saturated rings. The van der Waals surface area contributed by atoms with E-state index in [0.717, 1.165) is 19.2 Å². The number of rotatable bonds is 5. The number of ether oxygens (including phenoxy) is 1. The molecule has 1 aliphatic heterocycles. The summed E-state index contributed by atoms with van der Waals surface area (Å²) >= 11 is 0. The Labute approximate surface area is 151 Å². The Morgan fingerprint density at radius 2 is 2.08 bits per heavy atom. The van der Waals surface area contributed by atoms with Gasteiger partial charge in [0.15, 0.2) is 0 Å². The Hall–Kier alpha value is -1.58. The summed E-state index contributed by atoms with van der Waals surface area (Å²) in [5.41, 5.74) is 0.943. The van der Waals surface area contributed by atoms with Crippen molar-refractivity contribution in [3.63, 3.8) is 0 Å².